The number of rotatable bonds is 3. The van der Waals surface area contributed by atoms with Crippen LogP contribution in [0.3, 0.4) is 0 Å². The predicted molar refractivity (Wildman–Crippen MR) is 73.6 cm³/mol. The highest BCUT2D eigenvalue weighted by atomic mass is 35.5. The Morgan fingerprint density at radius 2 is 2.26 bits per heavy atom. The van der Waals surface area contributed by atoms with Gasteiger partial charge in [0.25, 0.3) is 5.91 Å². The summed E-state index contributed by atoms with van der Waals surface area (Å²) in [6.45, 7) is 0. The smallest absolute Gasteiger partial charge is 0.275 e. The van der Waals surface area contributed by atoms with Gasteiger partial charge >= 0.3 is 0 Å². The van der Waals surface area contributed by atoms with E-state index in [2.05, 4.69) is 10.5 Å². The maximum Gasteiger partial charge on any atom is 0.275 e. The molecule has 5 nitrogen and oxygen atoms in total. The van der Waals surface area contributed by atoms with Gasteiger partial charge in [0.2, 0.25) is 0 Å². The Labute approximate surface area is 115 Å². The molecule has 0 saturated carbocycles. The van der Waals surface area contributed by atoms with Crippen LogP contribution in [0.5, 0.6) is 5.75 Å². The number of aryl methyl sites for hydroxylation is 1. The van der Waals surface area contributed by atoms with E-state index in [-0.39, 0.29) is 11.3 Å². The van der Waals surface area contributed by atoms with Crippen molar-refractivity contribution in [2.75, 3.05) is 0 Å². The van der Waals surface area contributed by atoms with Crippen molar-refractivity contribution in [3.63, 3.8) is 0 Å². The fourth-order valence-electron chi connectivity index (χ4n) is 1.52. The van der Waals surface area contributed by atoms with Gasteiger partial charge in [-0.05, 0) is 30.3 Å². The van der Waals surface area contributed by atoms with Crippen molar-refractivity contribution >= 4 is 23.7 Å². The van der Waals surface area contributed by atoms with Gasteiger partial charge in [-0.2, -0.15) is 5.10 Å². The Morgan fingerprint density at radius 1 is 1.47 bits per heavy atom. The Bertz CT molecular complexity index is 635. The number of phenols is 1. The van der Waals surface area contributed by atoms with E-state index < -0.39 is 5.91 Å². The first-order valence-electron chi connectivity index (χ1n) is 5.51. The van der Waals surface area contributed by atoms with Gasteiger partial charge in [-0.25, -0.2) is 5.43 Å². The van der Waals surface area contributed by atoms with Crippen LogP contribution in [0.2, 0.25) is 5.02 Å². The number of phenolic OH excluding ortho intramolecular Hbond substituents is 1. The minimum atomic E-state index is -0.523. The van der Waals surface area contributed by atoms with Gasteiger partial charge in [0.15, 0.2) is 0 Å². The fourth-order valence-corrected chi connectivity index (χ4v) is 1.69. The molecule has 2 N–H and O–H groups in total. The topological polar surface area (TPSA) is 66.6 Å². The van der Waals surface area contributed by atoms with Crippen molar-refractivity contribution in [2.45, 2.75) is 0 Å². The summed E-state index contributed by atoms with van der Waals surface area (Å²) in [5.74, 6) is -0.665. The summed E-state index contributed by atoms with van der Waals surface area (Å²) in [5, 5.41) is 13.7. The largest absolute Gasteiger partial charge is 0.507 e. The summed E-state index contributed by atoms with van der Waals surface area (Å²) in [4.78, 5) is 11.8. The summed E-state index contributed by atoms with van der Waals surface area (Å²) in [6.07, 6.45) is 3.38. The number of aromatic hydroxyl groups is 1. The Morgan fingerprint density at radius 3 is 2.95 bits per heavy atom. The number of hydrogen-bond acceptors (Lipinski definition) is 3. The third kappa shape index (κ3) is 3.14. The van der Waals surface area contributed by atoms with Gasteiger partial charge in [-0.3, -0.25) is 4.79 Å². The number of hydrazone groups is 1. The number of benzene rings is 1. The van der Waals surface area contributed by atoms with E-state index in [0.29, 0.717) is 5.02 Å². The number of nitrogens with one attached hydrogen (secondary N) is 1. The lowest BCUT2D eigenvalue weighted by Gasteiger charge is -2.03. The first-order valence-corrected chi connectivity index (χ1v) is 5.89. The van der Waals surface area contributed by atoms with Crippen molar-refractivity contribution in [2.24, 2.45) is 12.1 Å². The number of carbonyl (C=O) groups is 1. The van der Waals surface area contributed by atoms with Gasteiger partial charge in [0, 0.05) is 18.3 Å². The zero-order valence-electron chi connectivity index (χ0n) is 10.2. The van der Waals surface area contributed by atoms with E-state index >= 15 is 0 Å². The van der Waals surface area contributed by atoms with Gasteiger partial charge in [0.1, 0.15) is 5.75 Å². The maximum atomic E-state index is 11.8. The molecule has 19 heavy (non-hydrogen) atoms. The molecule has 98 valence electrons. The molecule has 6 heteroatoms. The second-order valence-electron chi connectivity index (χ2n) is 3.90. The van der Waals surface area contributed by atoms with Crippen molar-refractivity contribution in [3.05, 3.63) is 52.8 Å². The van der Waals surface area contributed by atoms with Gasteiger partial charge in [0.05, 0.1) is 17.5 Å². The lowest BCUT2D eigenvalue weighted by atomic mass is 10.2. The maximum absolute atomic E-state index is 11.8. The zero-order valence-corrected chi connectivity index (χ0v) is 10.9. The molecule has 0 aliphatic carbocycles. The highest BCUT2D eigenvalue weighted by Gasteiger charge is 2.10. The van der Waals surface area contributed by atoms with Crippen molar-refractivity contribution < 1.29 is 9.90 Å². The summed E-state index contributed by atoms with van der Waals surface area (Å²) in [5.41, 5.74) is 3.25. The number of nitrogens with zero attached hydrogens (tertiary/aromatic N) is 2. The summed E-state index contributed by atoms with van der Waals surface area (Å²) < 4.78 is 1.85. The lowest BCUT2D eigenvalue weighted by Crippen LogP contribution is -2.18. The monoisotopic (exact) mass is 277 g/mol. The van der Waals surface area contributed by atoms with E-state index in [4.69, 9.17) is 11.6 Å². The van der Waals surface area contributed by atoms with Crippen LogP contribution in [-0.2, 0) is 7.05 Å². The molecule has 0 fully saturated rings. The van der Waals surface area contributed by atoms with Crippen molar-refractivity contribution in [1.82, 2.24) is 9.99 Å². The fraction of sp³-hybridized carbons (Fsp3) is 0.0769. The lowest BCUT2D eigenvalue weighted by molar-refractivity contribution is 0.0952. The normalized spacial score (nSPS) is 10.8. The third-order valence-electron chi connectivity index (χ3n) is 2.55. The van der Waals surface area contributed by atoms with E-state index in [9.17, 15) is 9.90 Å². The van der Waals surface area contributed by atoms with E-state index in [1.165, 1.54) is 24.4 Å². The van der Waals surface area contributed by atoms with Crippen LogP contribution in [0.15, 0.2) is 41.6 Å². The average molecular weight is 278 g/mol. The number of halogens is 1. The van der Waals surface area contributed by atoms with Crippen molar-refractivity contribution in [1.29, 1.82) is 0 Å². The summed E-state index contributed by atoms with van der Waals surface area (Å²) in [6, 6.07) is 7.96. The minimum Gasteiger partial charge on any atom is -0.507 e. The van der Waals surface area contributed by atoms with Crippen LogP contribution >= 0.6 is 11.6 Å². The molecule has 0 unspecified atom stereocenters. The van der Waals surface area contributed by atoms with Crippen LogP contribution in [-0.4, -0.2) is 21.8 Å². The minimum absolute atomic E-state index is 0.0801. The molecule has 2 rings (SSSR count). The molecule has 0 saturated heterocycles. The second-order valence-corrected chi connectivity index (χ2v) is 4.34. The predicted octanol–water partition coefficient (Wildman–Crippen LogP) is 2.15. The number of aromatic nitrogens is 1. The SMILES string of the molecule is Cn1cccc1C=NNC(=O)c1cc(Cl)ccc1O. The molecule has 0 aliphatic heterocycles. The van der Waals surface area contributed by atoms with E-state index in [0.717, 1.165) is 5.69 Å². The Hall–Kier alpha value is -2.27. The molecule has 1 aromatic carbocycles. The average Bonchev–Trinajstić information content (AvgIpc) is 2.78. The van der Waals surface area contributed by atoms with Crippen molar-refractivity contribution in [3.8, 4) is 5.75 Å². The molecular weight excluding hydrogens is 266 g/mol. The quantitative estimate of drug-likeness (QED) is 0.667. The van der Waals surface area contributed by atoms with Crippen LogP contribution in [0, 0.1) is 0 Å². The van der Waals surface area contributed by atoms with Crippen LogP contribution in [0.1, 0.15) is 16.1 Å². The Kier molecular flexibility index (Phi) is 3.87. The van der Waals surface area contributed by atoms with Crippen LogP contribution < -0.4 is 5.43 Å². The highest BCUT2D eigenvalue weighted by molar-refractivity contribution is 6.31. The first kappa shape index (κ1) is 13.2. The molecule has 1 amide bonds. The van der Waals surface area contributed by atoms with Crippen LogP contribution in [0.4, 0.5) is 0 Å². The molecule has 0 radical (unpaired) electrons. The molecule has 0 spiro atoms. The van der Waals surface area contributed by atoms with Crippen LogP contribution in [0.25, 0.3) is 0 Å². The number of hydrogen-bond donors (Lipinski definition) is 2. The molecule has 0 bridgehead atoms. The van der Waals surface area contributed by atoms with E-state index in [1.807, 2.05) is 29.9 Å². The standard InChI is InChI=1S/C13H12ClN3O2/c1-17-6-2-3-10(17)8-15-16-13(19)11-7-9(14)4-5-12(11)18/h2-8,18H,1H3,(H,16,19). The summed E-state index contributed by atoms with van der Waals surface area (Å²) in [7, 11) is 1.87. The number of carbonyl (C=O) groups excluding carboxylic acids is 1. The molecule has 1 aromatic heterocycles. The highest BCUT2D eigenvalue weighted by Crippen LogP contribution is 2.21. The first-order chi connectivity index (χ1) is 9.08. The van der Waals surface area contributed by atoms with E-state index in [1.54, 1.807) is 0 Å². The molecule has 1 heterocycles. The molecule has 0 atom stereocenters. The molecule has 0 aliphatic rings. The Balaban J connectivity index is 2.08. The van der Waals surface area contributed by atoms with Gasteiger partial charge < -0.3 is 9.67 Å². The zero-order chi connectivity index (χ0) is 13.8. The second kappa shape index (κ2) is 5.58. The van der Waals surface area contributed by atoms with Gasteiger partial charge in [-0.15, -0.1) is 0 Å². The molecular formula is C13H12ClN3O2. The summed E-state index contributed by atoms with van der Waals surface area (Å²) >= 11 is 5.76. The number of amides is 1. The molecule has 2 aromatic rings. The third-order valence-corrected chi connectivity index (χ3v) is 2.79. The van der Waals surface area contributed by atoms with Gasteiger partial charge in [-0.1, -0.05) is 11.6 Å².